The predicted octanol–water partition coefficient (Wildman–Crippen LogP) is 4.58. The van der Waals surface area contributed by atoms with Gasteiger partial charge >= 0.3 is 6.03 Å². The number of halogens is 2. The molecular weight excluding hydrogens is 462 g/mol. The quantitative estimate of drug-likeness (QED) is 0.569. The summed E-state index contributed by atoms with van der Waals surface area (Å²) in [4.78, 5) is 41.6. The minimum atomic E-state index is -0.503. The number of carbonyl (C=O) groups is 3. The number of carbonyl (C=O) groups excluding carboxylic acids is 3. The molecule has 2 aromatic carbocycles. The molecule has 0 aliphatic carbocycles. The van der Waals surface area contributed by atoms with E-state index in [4.69, 9.17) is 0 Å². The van der Waals surface area contributed by atoms with Gasteiger partial charge in [0.25, 0.3) is 11.8 Å². The van der Waals surface area contributed by atoms with Crippen LogP contribution in [-0.2, 0) is 0 Å². The van der Waals surface area contributed by atoms with E-state index in [0.717, 1.165) is 23.0 Å². The third-order valence-corrected chi connectivity index (χ3v) is 6.53. The fourth-order valence-corrected chi connectivity index (χ4v) is 4.60. The highest BCUT2D eigenvalue weighted by molar-refractivity contribution is 7.18. The standard InChI is InChI=1S/C24H22F2N4O3S/c1-15-13-20(28-22(31)16-3-2-4-18(26)14-16)34-21(15)23(32)29-9-11-30(12-10-29)24(33)27-19-7-5-17(25)6-8-19/h2-8,13-14H,9-12H2,1H3,(H,27,33)(H,28,31). The summed E-state index contributed by atoms with van der Waals surface area (Å²) in [7, 11) is 0. The van der Waals surface area contributed by atoms with Gasteiger partial charge in [-0.25, -0.2) is 13.6 Å². The van der Waals surface area contributed by atoms with Crippen molar-refractivity contribution < 1.29 is 23.2 Å². The third-order valence-electron chi connectivity index (χ3n) is 5.39. The Labute approximate surface area is 199 Å². The summed E-state index contributed by atoms with van der Waals surface area (Å²) in [6, 6.07) is 12.3. The van der Waals surface area contributed by atoms with Crippen LogP contribution in [0.5, 0.6) is 0 Å². The van der Waals surface area contributed by atoms with Gasteiger partial charge in [-0.2, -0.15) is 0 Å². The molecule has 0 saturated carbocycles. The fraction of sp³-hybridized carbons (Fsp3) is 0.208. The molecule has 0 radical (unpaired) electrons. The highest BCUT2D eigenvalue weighted by atomic mass is 32.1. The molecule has 3 aromatic rings. The van der Waals surface area contributed by atoms with E-state index in [1.165, 1.54) is 42.5 Å². The number of hydrogen-bond donors (Lipinski definition) is 2. The smallest absolute Gasteiger partial charge is 0.321 e. The summed E-state index contributed by atoms with van der Waals surface area (Å²) >= 11 is 1.16. The maximum atomic E-state index is 13.4. The van der Waals surface area contributed by atoms with E-state index in [9.17, 15) is 23.2 Å². The van der Waals surface area contributed by atoms with Gasteiger partial charge in [0, 0.05) is 37.4 Å². The maximum absolute atomic E-state index is 13.4. The van der Waals surface area contributed by atoms with Gasteiger partial charge in [0.15, 0.2) is 0 Å². The van der Waals surface area contributed by atoms with E-state index in [-0.39, 0.29) is 23.3 Å². The maximum Gasteiger partial charge on any atom is 0.321 e. The van der Waals surface area contributed by atoms with Crippen molar-refractivity contribution in [3.05, 3.63) is 82.2 Å². The van der Waals surface area contributed by atoms with Crippen LogP contribution in [0.15, 0.2) is 54.6 Å². The van der Waals surface area contributed by atoms with E-state index in [1.54, 1.807) is 22.8 Å². The lowest BCUT2D eigenvalue weighted by Crippen LogP contribution is -2.51. The molecule has 0 unspecified atom stereocenters. The highest BCUT2D eigenvalue weighted by Gasteiger charge is 2.27. The Morgan fingerprint density at radius 2 is 1.53 bits per heavy atom. The topological polar surface area (TPSA) is 81.8 Å². The Kier molecular flexibility index (Phi) is 6.87. The van der Waals surface area contributed by atoms with Gasteiger partial charge < -0.3 is 20.4 Å². The molecule has 176 valence electrons. The second-order valence-corrected chi connectivity index (χ2v) is 8.86. The van der Waals surface area contributed by atoms with Crippen LogP contribution < -0.4 is 10.6 Å². The summed E-state index contributed by atoms with van der Waals surface area (Å²) in [6.07, 6.45) is 0. The number of anilines is 2. The van der Waals surface area contributed by atoms with Crippen molar-refractivity contribution in [1.82, 2.24) is 9.80 Å². The van der Waals surface area contributed by atoms with Gasteiger partial charge in [-0.1, -0.05) is 6.07 Å². The monoisotopic (exact) mass is 484 g/mol. The lowest BCUT2D eigenvalue weighted by molar-refractivity contribution is 0.0675. The van der Waals surface area contributed by atoms with Crippen molar-refractivity contribution >= 4 is 39.9 Å². The van der Waals surface area contributed by atoms with Crippen LogP contribution in [0.1, 0.15) is 25.6 Å². The number of piperazine rings is 1. The second kappa shape index (κ2) is 10.0. The number of benzene rings is 2. The molecule has 2 N–H and O–H groups in total. The summed E-state index contributed by atoms with van der Waals surface area (Å²) in [5.74, 6) is -1.52. The Balaban J connectivity index is 1.34. The van der Waals surface area contributed by atoms with Crippen molar-refractivity contribution in [3.8, 4) is 0 Å². The molecule has 10 heteroatoms. The van der Waals surface area contributed by atoms with Gasteiger partial charge in [-0.15, -0.1) is 11.3 Å². The van der Waals surface area contributed by atoms with Crippen LogP contribution >= 0.6 is 11.3 Å². The molecule has 4 amide bonds. The molecule has 1 aliphatic heterocycles. The highest BCUT2D eigenvalue weighted by Crippen LogP contribution is 2.29. The number of nitrogens with zero attached hydrogens (tertiary/aromatic N) is 2. The molecule has 1 aromatic heterocycles. The van der Waals surface area contributed by atoms with Crippen molar-refractivity contribution in [2.75, 3.05) is 36.8 Å². The molecule has 7 nitrogen and oxygen atoms in total. The molecule has 0 atom stereocenters. The average Bonchev–Trinajstić information content (AvgIpc) is 3.19. The Morgan fingerprint density at radius 3 is 2.21 bits per heavy atom. The van der Waals surface area contributed by atoms with Gasteiger partial charge in [0.2, 0.25) is 0 Å². The lowest BCUT2D eigenvalue weighted by atomic mass is 10.2. The number of thiophene rings is 1. The molecule has 1 fully saturated rings. The number of amides is 4. The largest absolute Gasteiger partial charge is 0.334 e. The van der Waals surface area contributed by atoms with E-state index < -0.39 is 11.7 Å². The zero-order chi connectivity index (χ0) is 24.2. The van der Waals surface area contributed by atoms with Crippen molar-refractivity contribution in [2.45, 2.75) is 6.92 Å². The number of hydrogen-bond acceptors (Lipinski definition) is 4. The van der Waals surface area contributed by atoms with Crippen LogP contribution in [0.25, 0.3) is 0 Å². The number of urea groups is 1. The van der Waals surface area contributed by atoms with Crippen LogP contribution in [0.2, 0.25) is 0 Å². The molecular formula is C24H22F2N4O3S. The van der Waals surface area contributed by atoms with E-state index in [0.29, 0.717) is 41.7 Å². The number of nitrogens with one attached hydrogen (secondary N) is 2. The zero-order valence-corrected chi connectivity index (χ0v) is 19.1. The van der Waals surface area contributed by atoms with Crippen molar-refractivity contribution in [2.24, 2.45) is 0 Å². The SMILES string of the molecule is Cc1cc(NC(=O)c2cccc(F)c2)sc1C(=O)N1CCN(C(=O)Nc2ccc(F)cc2)CC1. The minimum absolute atomic E-state index is 0.174. The van der Waals surface area contributed by atoms with Gasteiger partial charge in [0.05, 0.1) is 9.88 Å². The van der Waals surface area contributed by atoms with Crippen LogP contribution in [0.4, 0.5) is 24.3 Å². The van der Waals surface area contributed by atoms with Crippen molar-refractivity contribution in [3.63, 3.8) is 0 Å². The minimum Gasteiger partial charge on any atom is -0.334 e. The second-order valence-electron chi connectivity index (χ2n) is 7.80. The van der Waals surface area contributed by atoms with E-state index >= 15 is 0 Å². The van der Waals surface area contributed by atoms with Gasteiger partial charge in [0.1, 0.15) is 11.6 Å². The fourth-order valence-electron chi connectivity index (χ4n) is 3.56. The predicted molar refractivity (Wildman–Crippen MR) is 126 cm³/mol. The summed E-state index contributed by atoms with van der Waals surface area (Å²) < 4.78 is 26.4. The first-order valence-electron chi connectivity index (χ1n) is 10.6. The zero-order valence-electron chi connectivity index (χ0n) is 18.3. The molecule has 2 heterocycles. The van der Waals surface area contributed by atoms with Crippen LogP contribution in [-0.4, -0.2) is 53.8 Å². The lowest BCUT2D eigenvalue weighted by Gasteiger charge is -2.34. The first-order chi connectivity index (χ1) is 16.3. The molecule has 1 saturated heterocycles. The number of rotatable bonds is 4. The van der Waals surface area contributed by atoms with E-state index in [2.05, 4.69) is 10.6 Å². The molecule has 34 heavy (non-hydrogen) atoms. The Bertz CT molecular complexity index is 1220. The molecule has 0 bridgehead atoms. The van der Waals surface area contributed by atoms with Gasteiger partial charge in [-0.05, 0) is 61.0 Å². The molecule has 0 spiro atoms. The van der Waals surface area contributed by atoms with Crippen LogP contribution in [0, 0.1) is 18.6 Å². The summed E-state index contributed by atoms with van der Waals surface area (Å²) in [5, 5.41) is 5.92. The number of aryl methyl sites for hydroxylation is 1. The van der Waals surface area contributed by atoms with Gasteiger partial charge in [-0.3, -0.25) is 9.59 Å². The first-order valence-corrected chi connectivity index (χ1v) is 11.4. The third kappa shape index (κ3) is 5.40. The molecule has 1 aliphatic rings. The summed E-state index contributed by atoms with van der Waals surface area (Å²) in [5.41, 5.74) is 1.40. The Hall–Kier alpha value is -3.79. The summed E-state index contributed by atoms with van der Waals surface area (Å²) in [6.45, 7) is 3.21. The first kappa shape index (κ1) is 23.4. The average molecular weight is 485 g/mol. The Morgan fingerprint density at radius 1 is 0.853 bits per heavy atom. The van der Waals surface area contributed by atoms with Crippen LogP contribution in [0.3, 0.4) is 0 Å². The van der Waals surface area contributed by atoms with Crippen molar-refractivity contribution in [1.29, 1.82) is 0 Å². The van der Waals surface area contributed by atoms with E-state index in [1.807, 2.05) is 0 Å². The molecule has 4 rings (SSSR count). The normalized spacial score (nSPS) is 13.5.